The smallest absolute Gasteiger partial charge is 0.112 e. The van der Waals surface area contributed by atoms with Crippen LogP contribution in [-0.2, 0) is 6.42 Å². The fraction of sp³-hybridized carbons (Fsp3) is 0.700. The van der Waals surface area contributed by atoms with Gasteiger partial charge in [-0.05, 0) is 12.8 Å². The van der Waals surface area contributed by atoms with Crippen LogP contribution in [0, 0.1) is 0 Å². The molecule has 0 aliphatic rings. The number of aryl methyl sites for hydroxylation is 1. The first-order chi connectivity index (χ1) is 6.38. The van der Waals surface area contributed by atoms with Crippen molar-refractivity contribution in [2.24, 2.45) is 0 Å². The lowest BCUT2D eigenvalue weighted by atomic mass is 10.2. The second kappa shape index (κ2) is 5.97. The molecular weight excluding hydrogens is 180 g/mol. The average Bonchev–Trinajstić information content (AvgIpc) is 2.54. The molecule has 1 heterocycles. The highest BCUT2D eigenvalue weighted by Crippen LogP contribution is 2.21. The van der Waals surface area contributed by atoms with E-state index in [1.54, 1.807) is 11.3 Å². The number of hydrogen-bond donors (Lipinski definition) is 1. The Morgan fingerprint density at radius 2 is 2.23 bits per heavy atom. The summed E-state index contributed by atoms with van der Waals surface area (Å²) in [6, 6.07) is 0. The Morgan fingerprint density at radius 1 is 1.38 bits per heavy atom. The lowest BCUT2D eigenvalue weighted by molar-refractivity contribution is 0.830. The van der Waals surface area contributed by atoms with E-state index >= 15 is 0 Å². The van der Waals surface area contributed by atoms with Gasteiger partial charge in [0, 0.05) is 6.54 Å². The number of thiazole rings is 1. The molecule has 0 fully saturated rings. The second-order valence-corrected chi connectivity index (χ2v) is 4.01. The Labute approximate surface area is 84.4 Å². The van der Waals surface area contributed by atoms with Crippen LogP contribution in [-0.4, -0.2) is 11.5 Å². The molecule has 1 rings (SSSR count). The molecule has 0 saturated carbocycles. The van der Waals surface area contributed by atoms with Crippen molar-refractivity contribution in [3.63, 3.8) is 0 Å². The summed E-state index contributed by atoms with van der Waals surface area (Å²) in [6.07, 6.45) is 4.75. The van der Waals surface area contributed by atoms with Gasteiger partial charge in [-0.2, -0.15) is 0 Å². The Morgan fingerprint density at radius 3 is 2.92 bits per heavy atom. The predicted molar refractivity (Wildman–Crippen MR) is 59.5 cm³/mol. The first-order valence-corrected chi connectivity index (χ1v) is 5.92. The molecule has 1 N–H and O–H groups in total. The van der Waals surface area contributed by atoms with Gasteiger partial charge < -0.3 is 5.32 Å². The minimum atomic E-state index is 1.08. The highest BCUT2D eigenvalue weighted by molar-refractivity contribution is 7.14. The molecule has 13 heavy (non-hydrogen) atoms. The number of unbranched alkanes of at least 4 members (excludes halogenated alkanes) is 1. The SMILES string of the molecule is CCCCNc1scnc1CCC. The first-order valence-electron chi connectivity index (χ1n) is 5.04. The number of aromatic nitrogens is 1. The molecule has 2 nitrogen and oxygen atoms in total. The van der Waals surface area contributed by atoms with Gasteiger partial charge in [-0.15, -0.1) is 11.3 Å². The fourth-order valence-corrected chi connectivity index (χ4v) is 1.97. The van der Waals surface area contributed by atoms with E-state index in [1.165, 1.54) is 30.0 Å². The maximum atomic E-state index is 4.34. The van der Waals surface area contributed by atoms with Crippen molar-refractivity contribution in [1.82, 2.24) is 4.98 Å². The van der Waals surface area contributed by atoms with E-state index in [9.17, 15) is 0 Å². The molecule has 0 aliphatic carbocycles. The highest BCUT2D eigenvalue weighted by Gasteiger charge is 2.03. The molecule has 0 aromatic carbocycles. The normalized spacial score (nSPS) is 10.3. The van der Waals surface area contributed by atoms with E-state index in [-0.39, 0.29) is 0 Å². The van der Waals surface area contributed by atoms with E-state index in [1.807, 2.05) is 5.51 Å². The van der Waals surface area contributed by atoms with Crippen LogP contribution in [0.25, 0.3) is 0 Å². The largest absolute Gasteiger partial charge is 0.375 e. The molecule has 74 valence electrons. The molecule has 0 bridgehead atoms. The highest BCUT2D eigenvalue weighted by atomic mass is 32.1. The van der Waals surface area contributed by atoms with Crippen LogP contribution in [0.15, 0.2) is 5.51 Å². The fourth-order valence-electron chi connectivity index (χ4n) is 1.21. The third-order valence-corrected chi connectivity index (χ3v) is 2.77. The maximum absolute atomic E-state index is 4.34. The van der Waals surface area contributed by atoms with Crippen LogP contribution in [0.2, 0.25) is 0 Å². The zero-order valence-corrected chi connectivity index (χ0v) is 9.28. The minimum absolute atomic E-state index is 1.08. The molecule has 3 heteroatoms. The summed E-state index contributed by atoms with van der Waals surface area (Å²) in [5.41, 5.74) is 3.17. The molecule has 0 spiro atoms. The van der Waals surface area contributed by atoms with Crippen molar-refractivity contribution >= 4 is 16.3 Å². The van der Waals surface area contributed by atoms with Gasteiger partial charge in [0.15, 0.2) is 0 Å². The van der Waals surface area contributed by atoms with Crippen LogP contribution < -0.4 is 5.32 Å². The zero-order chi connectivity index (χ0) is 9.52. The van der Waals surface area contributed by atoms with Gasteiger partial charge in [0.25, 0.3) is 0 Å². The van der Waals surface area contributed by atoms with Gasteiger partial charge >= 0.3 is 0 Å². The van der Waals surface area contributed by atoms with E-state index in [0.717, 1.165) is 13.0 Å². The van der Waals surface area contributed by atoms with Crippen molar-refractivity contribution in [2.75, 3.05) is 11.9 Å². The van der Waals surface area contributed by atoms with Gasteiger partial charge in [0.1, 0.15) is 5.00 Å². The van der Waals surface area contributed by atoms with E-state index in [2.05, 4.69) is 24.1 Å². The average molecular weight is 198 g/mol. The van der Waals surface area contributed by atoms with Crippen molar-refractivity contribution in [3.8, 4) is 0 Å². The third kappa shape index (κ3) is 3.35. The number of nitrogens with zero attached hydrogens (tertiary/aromatic N) is 1. The second-order valence-electron chi connectivity index (χ2n) is 3.16. The Bertz CT molecular complexity index is 233. The summed E-state index contributed by atoms with van der Waals surface area (Å²) in [5, 5.41) is 4.71. The molecular formula is C10H18N2S. The Kier molecular flexibility index (Phi) is 4.83. The summed E-state index contributed by atoms with van der Waals surface area (Å²) in [5.74, 6) is 0. The molecule has 1 aromatic heterocycles. The molecule has 0 amide bonds. The zero-order valence-electron chi connectivity index (χ0n) is 8.47. The number of anilines is 1. The molecule has 1 aromatic rings. The van der Waals surface area contributed by atoms with Crippen LogP contribution >= 0.6 is 11.3 Å². The number of hydrogen-bond acceptors (Lipinski definition) is 3. The summed E-state index contributed by atoms with van der Waals surface area (Å²) in [6.45, 7) is 5.48. The topological polar surface area (TPSA) is 24.9 Å². The van der Waals surface area contributed by atoms with Gasteiger partial charge in [-0.1, -0.05) is 26.7 Å². The standard InChI is InChI=1S/C10H18N2S/c1-3-5-7-11-10-9(6-4-2)12-8-13-10/h8,11H,3-7H2,1-2H3. The van der Waals surface area contributed by atoms with Gasteiger partial charge in [0.05, 0.1) is 11.2 Å². The molecule has 0 aliphatic heterocycles. The summed E-state index contributed by atoms with van der Waals surface area (Å²) in [7, 11) is 0. The van der Waals surface area contributed by atoms with E-state index < -0.39 is 0 Å². The Balaban J connectivity index is 2.40. The van der Waals surface area contributed by atoms with Crippen molar-refractivity contribution in [2.45, 2.75) is 39.5 Å². The Hall–Kier alpha value is -0.570. The molecule has 0 atom stereocenters. The predicted octanol–water partition coefficient (Wildman–Crippen LogP) is 3.31. The number of nitrogens with one attached hydrogen (secondary N) is 1. The van der Waals surface area contributed by atoms with Crippen LogP contribution in [0.5, 0.6) is 0 Å². The molecule has 0 radical (unpaired) electrons. The van der Waals surface area contributed by atoms with Crippen LogP contribution in [0.3, 0.4) is 0 Å². The van der Waals surface area contributed by atoms with Gasteiger partial charge in [-0.25, -0.2) is 4.98 Å². The lowest BCUT2D eigenvalue weighted by Crippen LogP contribution is -2.01. The van der Waals surface area contributed by atoms with Crippen LogP contribution in [0.4, 0.5) is 5.00 Å². The molecule has 0 unspecified atom stereocenters. The quantitative estimate of drug-likeness (QED) is 0.709. The minimum Gasteiger partial charge on any atom is -0.375 e. The van der Waals surface area contributed by atoms with Gasteiger partial charge in [-0.3, -0.25) is 0 Å². The first kappa shape index (κ1) is 10.5. The molecule has 0 saturated heterocycles. The summed E-state index contributed by atoms with van der Waals surface area (Å²) in [4.78, 5) is 4.34. The van der Waals surface area contributed by atoms with E-state index in [0.29, 0.717) is 0 Å². The maximum Gasteiger partial charge on any atom is 0.112 e. The van der Waals surface area contributed by atoms with Crippen LogP contribution in [0.1, 0.15) is 38.8 Å². The van der Waals surface area contributed by atoms with Crippen molar-refractivity contribution in [3.05, 3.63) is 11.2 Å². The van der Waals surface area contributed by atoms with E-state index in [4.69, 9.17) is 0 Å². The van der Waals surface area contributed by atoms with Crippen molar-refractivity contribution < 1.29 is 0 Å². The monoisotopic (exact) mass is 198 g/mol. The summed E-state index contributed by atoms with van der Waals surface area (Å²) < 4.78 is 0. The third-order valence-electron chi connectivity index (χ3n) is 1.94. The lowest BCUT2D eigenvalue weighted by Gasteiger charge is -2.03. The number of rotatable bonds is 6. The van der Waals surface area contributed by atoms with Gasteiger partial charge in [0.2, 0.25) is 0 Å². The summed E-state index contributed by atoms with van der Waals surface area (Å²) >= 11 is 1.72. The van der Waals surface area contributed by atoms with Crippen molar-refractivity contribution in [1.29, 1.82) is 0 Å².